The lowest BCUT2D eigenvalue weighted by Gasteiger charge is -2.29. The number of hydrogen-bond donors (Lipinski definition) is 0. The Hall–Kier alpha value is -2.57. The molecule has 2 aromatic carbocycles. The zero-order valence-corrected chi connectivity index (χ0v) is 17.2. The number of carbonyl (C=O) groups is 1. The second-order valence-electron chi connectivity index (χ2n) is 6.77. The number of benzene rings is 2. The van der Waals surface area contributed by atoms with Crippen LogP contribution in [0, 0.1) is 0 Å². The number of hydrogen-bond acceptors (Lipinski definition) is 5. The number of thiazole rings is 2. The zero-order chi connectivity index (χ0) is 19.3. The summed E-state index contributed by atoms with van der Waals surface area (Å²) in [5, 5.41) is 2.91. The minimum atomic E-state index is 0.0473. The summed E-state index contributed by atoms with van der Waals surface area (Å²) < 4.78 is 1.04. The number of carbonyl (C=O) groups excluding carboxylic acids is 1. The fraction of sp³-hybridized carbons (Fsp3) is 0.227. The second kappa shape index (κ2) is 8.63. The summed E-state index contributed by atoms with van der Waals surface area (Å²) in [5.41, 5.74) is 4.75. The Morgan fingerprint density at radius 3 is 2.75 bits per heavy atom. The van der Waals surface area contributed by atoms with Crippen molar-refractivity contribution in [2.24, 2.45) is 0 Å². The topological polar surface area (TPSA) is 46.1 Å². The van der Waals surface area contributed by atoms with Gasteiger partial charge in [0, 0.05) is 23.2 Å². The van der Waals surface area contributed by atoms with Crippen molar-refractivity contribution in [3.63, 3.8) is 0 Å². The molecule has 2 heterocycles. The highest BCUT2D eigenvalue weighted by Gasteiger charge is 2.23. The molecule has 0 saturated heterocycles. The van der Waals surface area contributed by atoms with Crippen LogP contribution in [-0.2, 0) is 13.0 Å². The van der Waals surface area contributed by atoms with E-state index in [1.807, 2.05) is 40.1 Å². The van der Waals surface area contributed by atoms with Crippen LogP contribution in [0.3, 0.4) is 0 Å². The molecule has 4 rings (SSSR count). The summed E-state index contributed by atoms with van der Waals surface area (Å²) in [6.45, 7) is 2.66. The van der Waals surface area contributed by atoms with Gasteiger partial charge in [-0.2, -0.15) is 0 Å². The minimum absolute atomic E-state index is 0.0473. The third-order valence-electron chi connectivity index (χ3n) is 4.85. The van der Waals surface area contributed by atoms with Crippen LogP contribution in [0.15, 0.2) is 65.6 Å². The first-order chi connectivity index (χ1) is 13.7. The molecule has 0 bridgehead atoms. The Morgan fingerprint density at radius 2 is 1.96 bits per heavy atom. The van der Waals surface area contributed by atoms with Crippen LogP contribution >= 0.6 is 22.7 Å². The van der Waals surface area contributed by atoms with Gasteiger partial charge in [-0.05, 0) is 43.5 Å². The van der Waals surface area contributed by atoms with Crippen molar-refractivity contribution in [1.29, 1.82) is 0 Å². The van der Waals surface area contributed by atoms with E-state index in [1.54, 1.807) is 28.9 Å². The smallest absolute Gasteiger partial charge is 0.254 e. The summed E-state index contributed by atoms with van der Waals surface area (Å²) in [4.78, 5) is 24.0. The van der Waals surface area contributed by atoms with Crippen molar-refractivity contribution >= 4 is 38.8 Å². The van der Waals surface area contributed by atoms with Crippen molar-refractivity contribution < 1.29 is 4.79 Å². The third-order valence-corrected chi connectivity index (χ3v) is 6.41. The van der Waals surface area contributed by atoms with Gasteiger partial charge in [0.2, 0.25) is 0 Å². The number of aryl methyl sites for hydroxylation is 1. The molecule has 1 amide bonds. The van der Waals surface area contributed by atoms with Gasteiger partial charge in [-0.25, -0.2) is 9.97 Å². The molecule has 142 valence electrons. The molecule has 2 aromatic heterocycles. The van der Waals surface area contributed by atoms with Gasteiger partial charge in [0.1, 0.15) is 5.01 Å². The molecule has 0 spiro atoms. The average molecular weight is 408 g/mol. The quantitative estimate of drug-likeness (QED) is 0.411. The van der Waals surface area contributed by atoms with Crippen molar-refractivity contribution in [1.82, 2.24) is 14.9 Å². The molecule has 1 atom stereocenters. The van der Waals surface area contributed by atoms with E-state index in [0.29, 0.717) is 12.1 Å². The SMILES string of the molecule is CC(CCc1ccccc1)N(Cc1nccs1)C(=O)c1ccc2ncsc2c1. The first-order valence-corrected chi connectivity index (χ1v) is 11.0. The Bertz CT molecular complexity index is 1040. The molecule has 0 N–H and O–H groups in total. The second-order valence-corrected chi connectivity index (χ2v) is 8.63. The van der Waals surface area contributed by atoms with Crippen LogP contribution in [-0.4, -0.2) is 26.8 Å². The Balaban J connectivity index is 1.55. The molecule has 0 radical (unpaired) electrons. The lowest BCUT2D eigenvalue weighted by atomic mass is 10.0. The molecule has 28 heavy (non-hydrogen) atoms. The maximum absolute atomic E-state index is 13.4. The van der Waals surface area contributed by atoms with E-state index >= 15 is 0 Å². The van der Waals surface area contributed by atoms with Gasteiger partial charge in [0.05, 0.1) is 22.3 Å². The Morgan fingerprint density at radius 1 is 1.11 bits per heavy atom. The van der Waals surface area contributed by atoms with E-state index in [4.69, 9.17) is 0 Å². The lowest BCUT2D eigenvalue weighted by molar-refractivity contribution is 0.0667. The fourth-order valence-electron chi connectivity index (χ4n) is 3.23. The van der Waals surface area contributed by atoms with Crippen LogP contribution in [0.5, 0.6) is 0 Å². The summed E-state index contributed by atoms with van der Waals surface area (Å²) >= 11 is 3.15. The number of nitrogens with zero attached hydrogens (tertiary/aromatic N) is 3. The fourth-order valence-corrected chi connectivity index (χ4v) is 4.57. The lowest BCUT2D eigenvalue weighted by Crippen LogP contribution is -2.38. The van der Waals surface area contributed by atoms with E-state index in [-0.39, 0.29) is 11.9 Å². The van der Waals surface area contributed by atoms with Gasteiger partial charge >= 0.3 is 0 Å². The highest BCUT2D eigenvalue weighted by molar-refractivity contribution is 7.16. The van der Waals surface area contributed by atoms with Crippen LogP contribution < -0.4 is 0 Å². The van der Waals surface area contributed by atoms with Crippen LogP contribution in [0.25, 0.3) is 10.2 Å². The summed E-state index contributed by atoms with van der Waals surface area (Å²) in [7, 11) is 0. The molecule has 4 aromatic rings. The highest BCUT2D eigenvalue weighted by atomic mass is 32.1. The molecule has 0 aliphatic heterocycles. The molecule has 0 saturated carbocycles. The summed E-state index contributed by atoms with van der Waals surface area (Å²) in [6, 6.07) is 16.3. The Labute approximate surface area is 172 Å². The number of fused-ring (bicyclic) bond motifs is 1. The summed E-state index contributed by atoms with van der Waals surface area (Å²) in [5.74, 6) is 0.0473. The number of rotatable bonds is 7. The standard InChI is InChI=1S/C22H21N3OS2/c1-16(7-8-17-5-3-2-4-6-17)25(14-21-23-11-12-27-21)22(26)18-9-10-19-20(13-18)28-15-24-19/h2-6,9-13,15-16H,7-8,14H2,1H3. The third kappa shape index (κ3) is 4.29. The van der Waals surface area contributed by atoms with Crippen molar-refractivity contribution in [2.75, 3.05) is 0 Å². The first kappa shape index (κ1) is 18.8. The highest BCUT2D eigenvalue weighted by Crippen LogP contribution is 2.23. The van der Waals surface area contributed by atoms with Gasteiger partial charge in [0.15, 0.2) is 0 Å². The van der Waals surface area contributed by atoms with Crippen molar-refractivity contribution in [3.8, 4) is 0 Å². The number of aromatic nitrogens is 2. The maximum atomic E-state index is 13.4. The predicted octanol–water partition coefficient (Wildman–Crippen LogP) is 5.42. The van der Waals surface area contributed by atoms with Crippen molar-refractivity contribution in [2.45, 2.75) is 32.4 Å². The van der Waals surface area contributed by atoms with Gasteiger partial charge in [0.25, 0.3) is 5.91 Å². The molecule has 0 aliphatic rings. The largest absolute Gasteiger partial charge is 0.329 e. The number of amides is 1. The van der Waals surface area contributed by atoms with Gasteiger partial charge in [-0.3, -0.25) is 4.79 Å². The van der Waals surface area contributed by atoms with Crippen LogP contribution in [0.4, 0.5) is 0 Å². The molecule has 6 heteroatoms. The molecule has 0 fully saturated rings. The maximum Gasteiger partial charge on any atom is 0.254 e. The van der Waals surface area contributed by atoms with Gasteiger partial charge in [-0.1, -0.05) is 30.3 Å². The molecule has 1 unspecified atom stereocenters. The van der Waals surface area contributed by atoms with E-state index in [2.05, 4.69) is 41.2 Å². The molecule has 4 nitrogen and oxygen atoms in total. The molecular formula is C22H21N3OS2. The predicted molar refractivity (Wildman–Crippen MR) is 116 cm³/mol. The minimum Gasteiger partial charge on any atom is -0.329 e. The first-order valence-electron chi connectivity index (χ1n) is 9.27. The van der Waals surface area contributed by atoms with Crippen molar-refractivity contribution in [3.05, 3.63) is 81.8 Å². The van der Waals surface area contributed by atoms with E-state index in [0.717, 1.165) is 28.1 Å². The summed E-state index contributed by atoms with van der Waals surface area (Å²) in [6.07, 6.45) is 3.64. The van der Waals surface area contributed by atoms with Crippen LogP contribution in [0.1, 0.15) is 34.3 Å². The molecule has 0 aliphatic carbocycles. The average Bonchev–Trinajstić information content (AvgIpc) is 3.41. The normalized spacial score (nSPS) is 12.2. The van der Waals surface area contributed by atoms with E-state index in [9.17, 15) is 4.79 Å². The van der Waals surface area contributed by atoms with Crippen LogP contribution in [0.2, 0.25) is 0 Å². The van der Waals surface area contributed by atoms with Gasteiger partial charge in [-0.15, -0.1) is 22.7 Å². The molecular weight excluding hydrogens is 386 g/mol. The monoisotopic (exact) mass is 407 g/mol. The zero-order valence-electron chi connectivity index (χ0n) is 15.6. The van der Waals surface area contributed by atoms with E-state index < -0.39 is 0 Å². The Kier molecular flexibility index (Phi) is 5.78. The van der Waals surface area contributed by atoms with E-state index in [1.165, 1.54) is 5.56 Å². The van der Waals surface area contributed by atoms with Gasteiger partial charge < -0.3 is 4.90 Å².